The first-order valence-corrected chi connectivity index (χ1v) is 5.17. The summed E-state index contributed by atoms with van der Waals surface area (Å²) in [6.07, 6.45) is -1.83. The molecule has 14 heavy (non-hydrogen) atoms. The predicted octanol–water partition coefficient (Wildman–Crippen LogP) is 1.11. The van der Waals surface area contributed by atoms with Crippen LogP contribution in [0.1, 0.15) is 17.2 Å². The van der Waals surface area contributed by atoms with Crippen molar-refractivity contribution in [1.29, 1.82) is 0 Å². The lowest BCUT2D eigenvalue weighted by Crippen LogP contribution is -2.27. The van der Waals surface area contributed by atoms with E-state index < -0.39 is 12.2 Å². The highest BCUT2D eigenvalue weighted by Crippen LogP contribution is 2.22. The molecule has 0 spiro atoms. The van der Waals surface area contributed by atoms with Crippen molar-refractivity contribution in [2.24, 2.45) is 5.73 Å². The Labute approximate surface area is 91.7 Å². The van der Waals surface area contributed by atoms with Gasteiger partial charge in [0.15, 0.2) is 0 Å². The van der Waals surface area contributed by atoms with Crippen LogP contribution in [0.3, 0.4) is 0 Å². The van der Waals surface area contributed by atoms with E-state index in [2.05, 4.69) is 15.9 Å². The first-order valence-electron chi connectivity index (χ1n) is 4.38. The van der Waals surface area contributed by atoms with Crippen LogP contribution in [0.5, 0.6) is 0 Å². The van der Waals surface area contributed by atoms with Crippen molar-refractivity contribution < 1.29 is 10.2 Å². The summed E-state index contributed by atoms with van der Waals surface area (Å²) in [7, 11) is 0. The van der Waals surface area contributed by atoms with Crippen molar-refractivity contribution in [3.8, 4) is 0 Å². The molecule has 0 aliphatic carbocycles. The summed E-state index contributed by atoms with van der Waals surface area (Å²) in [6.45, 7) is 1.97. The molecule has 1 aromatic rings. The Balaban J connectivity index is 2.94. The Bertz CT molecular complexity index is 297. The Kier molecular flexibility index (Phi) is 4.07. The maximum atomic E-state index is 9.69. The summed E-state index contributed by atoms with van der Waals surface area (Å²) < 4.78 is 0.885. The van der Waals surface area contributed by atoms with E-state index in [1.165, 1.54) is 0 Å². The second kappa shape index (κ2) is 4.89. The van der Waals surface area contributed by atoms with E-state index in [-0.39, 0.29) is 6.54 Å². The Hall–Kier alpha value is -0.420. The molecule has 0 saturated heterocycles. The quantitative estimate of drug-likeness (QED) is 0.762. The maximum Gasteiger partial charge on any atom is 0.106 e. The molecule has 1 aromatic carbocycles. The summed E-state index contributed by atoms with van der Waals surface area (Å²) in [5.74, 6) is 0. The van der Waals surface area contributed by atoms with E-state index in [1.54, 1.807) is 6.07 Å². The Morgan fingerprint density at radius 3 is 2.50 bits per heavy atom. The van der Waals surface area contributed by atoms with Gasteiger partial charge >= 0.3 is 0 Å². The van der Waals surface area contributed by atoms with Crippen LogP contribution in [0.25, 0.3) is 0 Å². The zero-order valence-corrected chi connectivity index (χ0v) is 9.53. The standard InChI is InChI=1S/C10H14BrNO2/c1-6-2-7(4-8(11)3-6)10(14)9(13)5-12/h2-4,9-10,13-14H,5,12H2,1H3. The third kappa shape index (κ3) is 2.78. The van der Waals surface area contributed by atoms with Crippen molar-refractivity contribution in [2.45, 2.75) is 19.1 Å². The van der Waals surface area contributed by atoms with E-state index in [9.17, 15) is 10.2 Å². The lowest BCUT2D eigenvalue weighted by molar-refractivity contribution is 0.0243. The Morgan fingerprint density at radius 1 is 1.36 bits per heavy atom. The second-order valence-corrected chi connectivity index (χ2v) is 4.23. The zero-order chi connectivity index (χ0) is 10.7. The summed E-state index contributed by atoms with van der Waals surface area (Å²) >= 11 is 3.33. The molecule has 0 heterocycles. The zero-order valence-electron chi connectivity index (χ0n) is 7.94. The fraction of sp³-hybridized carbons (Fsp3) is 0.400. The molecule has 0 radical (unpaired) electrons. The lowest BCUT2D eigenvalue weighted by atomic mass is 10.0. The predicted molar refractivity (Wildman–Crippen MR) is 58.9 cm³/mol. The van der Waals surface area contributed by atoms with Gasteiger partial charge in [-0.3, -0.25) is 0 Å². The number of aryl methyl sites for hydroxylation is 1. The fourth-order valence-electron chi connectivity index (χ4n) is 1.29. The van der Waals surface area contributed by atoms with Gasteiger partial charge in [-0.15, -0.1) is 0 Å². The highest BCUT2D eigenvalue weighted by molar-refractivity contribution is 9.10. The molecule has 0 saturated carbocycles. The first kappa shape index (κ1) is 11.7. The van der Waals surface area contributed by atoms with E-state index in [0.717, 1.165) is 10.0 Å². The number of halogens is 1. The monoisotopic (exact) mass is 259 g/mol. The maximum absolute atomic E-state index is 9.69. The van der Waals surface area contributed by atoms with Crippen LogP contribution in [0.2, 0.25) is 0 Å². The van der Waals surface area contributed by atoms with Crippen molar-refractivity contribution in [3.63, 3.8) is 0 Å². The van der Waals surface area contributed by atoms with Crippen LogP contribution in [0, 0.1) is 6.92 Å². The summed E-state index contributed by atoms with van der Waals surface area (Å²) in [5.41, 5.74) is 6.97. The number of rotatable bonds is 3. The van der Waals surface area contributed by atoms with Gasteiger partial charge in [0.25, 0.3) is 0 Å². The van der Waals surface area contributed by atoms with Gasteiger partial charge in [-0.05, 0) is 30.2 Å². The topological polar surface area (TPSA) is 66.5 Å². The Morgan fingerprint density at radius 2 is 2.00 bits per heavy atom. The number of aliphatic hydroxyl groups is 2. The molecule has 2 atom stereocenters. The highest BCUT2D eigenvalue weighted by Gasteiger charge is 2.16. The molecule has 0 bridgehead atoms. The van der Waals surface area contributed by atoms with Gasteiger partial charge in [0.05, 0.1) is 6.10 Å². The van der Waals surface area contributed by atoms with Crippen LogP contribution in [-0.2, 0) is 0 Å². The van der Waals surface area contributed by atoms with Crippen LogP contribution >= 0.6 is 15.9 Å². The van der Waals surface area contributed by atoms with Gasteiger partial charge in [0, 0.05) is 11.0 Å². The molecule has 4 heteroatoms. The molecule has 0 aliphatic rings. The highest BCUT2D eigenvalue weighted by atomic mass is 79.9. The van der Waals surface area contributed by atoms with Crippen molar-refractivity contribution >= 4 is 15.9 Å². The average Bonchev–Trinajstić information content (AvgIpc) is 2.14. The smallest absolute Gasteiger partial charge is 0.106 e. The number of aliphatic hydroxyl groups excluding tert-OH is 2. The molecule has 2 unspecified atom stereocenters. The van der Waals surface area contributed by atoms with Crippen molar-refractivity contribution in [1.82, 2.24) is 0 Å². The van der Waals surface area contributed by atoms with Gasteiger partial charge in [0.1, 0.15) is 6.10 Å². The minimum atomic E-state index is -0.920. The average molecular weight is 260 g/mol. The number of hydrogen-bond acceptors (Lipinski definition) is 3. The molecular weight excluding hydrogens is 246 g/mol. The molecule has 1 rings (SSSR count). The van der Waals surface area contributed by atoms with Crippen LogP contribution in [0.4, 0.5) is 0 Å². The molecule has 0 fully saturated rings. The van der Waals surface area contributed by atoms with Crippen molar-refractivity contribution in [3.05, 3.63) is 33.8 Å². The van der Waals surface area contributed by atoms with E-state index in [4.69, 9.17) is 5.73 Å². The normalized spacial score (nSPS) is 15.2. The third-order valence-corrected chi connectivity index (χ3v) is 2.47. The number of benzene rings is 1. The SMILES string of the molecule is Cc1cc(Br)cc(C(O)C(O)CN)c1. The first-order chi connectivity index (χ1) is 6.54. The van der Waals surface area contributed by atoms with Gasteiger partial charge in [0.2, 0.25) is 0 Å². The van der Waals surface area contributed by atoms with E-state index >= 15 is 0 Å². The molecular formula is C10H14BrNO2. The summed E-state index contributed by atoms with van der Waals surface area (Å²) in [5, 5.41) is 19.1. The largest absolute Gasteiger partial charge is 0.389 e. The second-order valence-electron chi connectivity index (χ2n) is 3.31. The molecule has 78 valence electrons. The molecule has 0 aliphatic heterocycles. The number of hydrogen-bond donors (Lipinski definition) is 3. The van der Waals surface area contributed by atoms with Gasteiger partial charge in [-0.25, -0.2) is 0 Å². The van der Waals surface area contributed by atoms with Gasteiger partial charge in [-0.1, -0.05) is 22.0 Å². The van der Waals surface area contributed by atoms with Crippen LogP contribution in [0.15, 0.2) is 22.7 Å². The van der Waals surface area contributed by atoms with E-state index in [0.29, 0.717) is 5.56 Å². The molecule has 4 N–H and O–H groups in total. The lowest BCUT2D eigenvalue weighted by Gasteiger charge is -2.17. The third-order valence-electron chi connectivity index (χ3n) is 2.01. The minimum Gasteiger partial charge on any atom is -0.389 e. The van der Waals surface area contributed by atoms with Gasteiger partial charge in [-0.2, -0.15) is 0 Å². The fourth-order valence-corrected chi connectivity index (χ4v) is 1.91. The molecule has 3 nitrogen and oxygen atoms in total. The van der Waals surface area contributed by atoms with E-state index in [1.807, 2.05) is 19.1 Å². The van der Waals surface area contributed by atoms with Crippen molar-refractivity contribution in [2.75, 3.05) is 6.54 Å². The molecule has 0 aromatic heterocycles. The summed E-state index contributed by atoms with van der Waals surface area (Å²) in [4.78, 5) is 0. The summed E-state index contributed by atoms with van der Waals surface area (Å²) in [6, 6.07) is 5.54. The minimum absolute atomic E-state index is 0.0483. The number of nitrogens with two attached hydrogens (primary N) is 1. The van der Waals surface area contributed by atoms with Crippen LogP contribution in [-0.4, -0.2) is 22.9 Å². The van der Waals surface area contributed by atoms with Crippen LogP contribution < -0.4 is 5.73 Å². The van der Waals surface area contributed by atoms with Gasteiger partial charge < -0.3 is 15.9 Å². The molecule has 0 amide bonds.